The lowest BCUT2D eigenvalue weighted by atomic mass is 9.50. The number of likely N-dealkylation sites (N-methyl/N-ethyl adjacent to an activating group) is 1. The molecule has 1 aromatic carbocycles. The van der Waals surface area contributed by atoms with Gasteiger partial charge in [-0.1, -0.05) is 19.1 Å². The number of aromatic hydroxyl groups is 1. The second kappa shape index (κ2) is 9.46. The Hall–Kier alpha value is -2.44. The fourth-order valence-electron chi connectivity index (χ4n) is 6.41. The summed E-state index contributed by atoms with van der Waals surface area (Å²) < 4.78 is 0. The lowest BCUT2D eigenvalue weighted by Crippen LogP contribution is -2.74. The molecule has 0 radical (unpaired) electrons. The third kappa shape index (κ3) is 3.59. The summed E-state index contributed by atoms with van der Waals surface area (Å²) in [5.74, 6) is -7.43. The van der Waals surface area contributed by atoms with Gasteiger partial charge < -0.3 is 31.3 Å². The summed E-state index contributed by atoms with van der Waals surface area (Å²) in [5, 5.41) is 56.7. The number of fused-ring (bicyclic) bond motifs is 3. The van der Waals surface area contributed by atoms with Gasteiger partial charge in [0.05, 0.1) is 23.6 Å². The molecule has 0 saturated heterocycles. The van der Waals surface area contributed by atoms with E-state index in [1.165, 1.54) is 25.1 Å². The minimum atomic E-state index is -2.72. The van der Waals surface area contributed by atoms with Gasteiger partial charge >= 0.3 is 0 Å². The Morgan fingerprint density at radius 1 is 1.17 bits per heavy atom. The number of aliphatic hydroxyl groups excluding tert-OH is 3. The molecule has 7 N–H and O–H groups in total. The molecule has 6 unspecified atom stereocenters. The van der Waals surface area contributed by atoms with Crippen molar-refractivity contribution in [1.29, 1.82) is 0 Å². The van der Waals surface area contributed by atoms with Crippen molar-refractivity contribution in [3.63, 3.8) is 0 Å². The van der Waals surface area contributed by atoms with Gasteiger partial charge in [0.2, 0.25) is 0 Å². The predicted molar refractivity (Wildman–Crippen MR) is 132 cm³/mol. The van der Waals surface area contributed by atoms with Crippen molar-refractivity contribution in [1.82, 2.24) is 4.90 Å². The average Bonchev–Trinajstić information content (AvgIpc) is 2.80. The molecule has 3 aliphatic rings. The van der Waals surface area contributed by atoms with E-state index in [0.29, 0.717) is 11.3 Å². The summed E-state index contributed by atoms with van der Waals surface area (Å²) in [6, 6.07) is 3.32. The Morgan fingerprint density at radius 3 is 2.42 bits per heavy atom. The van der Waals surface area contributed by atoms with Gasteiger partial charge in [-0.15, -0.1) is 0 Å². The van der Waals surface area contributed by atoms with Gasteiger partial charge in [-0.05, 0) is 43.8 Å². The molecular weight excluding hydrogens is 488 g/mol. The molecule has 0 aliphatic heterocycles. The molecule has 1 aromatic rings. The number of carbonyl (C=O) groups is 3. The van der Waals surface area contributed by atoms with Crippen LogP contribution < -0.4 is 5.73 Å². The maximum Gasteiger partial charge on any atom is 0.255 e. The van der Waals surface area contributed by atoms with E-state index in [2.05, 4.69) is 0 Å². The third-order valence-corrected chi connectivity index (χ3v) is 9.18. The van der Waals surface area contributed by atoms with Crippen molar-refractivity contribution in [3.05, 3.63) is 40.7 Å². The first-order valence-electron chi connectivity index (χ1n) is 11.9. The number of phenols is 1. The van der Waals surface area contributed by atoms with Gasteiger partial charge in [0, 0.05) is 17.6 Å². The van der Waals surface area contributed by atoms with Crippen LogP contribution in [0.1, 0.15) is 35.2 Å². The Kier molecular flexibility index (Phi) is 6.99. The molecule has 36 heavy (non-hydrogen) atoms. The molecule has 8 atom stereocenters. The highest BCUT2D eigenvalue weighted by atomic mass is 32.2. The number of hydrogen-bond acceptors (Lipinski definition) is 10. The summed E-state index contributed by atoms with van der Waals surface area (Å²) in [6.45, 7) is 2.01. The van der Waals surface area contributed by atoms with Gasteiger partial charge in [-0.3, -0.25) is 19.3 Å². The Morgan fingerprint density at radius 2 is 1.83 bits per heavy atom. The molecule has 0 bridgehead atoms. The number of aliphatic hydroxyl groups is 4. The molecule has 1 fully saturated rings. The summed E-state index contributed by atoms with van der Waals surface area (Å²) in [6.07, 6.45) is -2.65. The number of Topliss-reactive ketones (excluding diaryl/α,β-unsaturated/α-hetero) is 2. The molecule has 11 heteroatoms. The average molecular weight is 521 g/mol. The molecule has 3 aliphatic carbocycles. The van der Waals surface area contributed by atoms with E-state index in [9.17, 15) is 39.9 Å². The lowest BCUT2D eigenvalue weighted by molar-refractivity contribution is -0.221. The predicted octanol–water partition coefficient (Wildman–Crippen LogP) is -0.0593. The van der Waals surface area contributed by atoms with Crippen LogP contribution in [0.25, 0.3) is 0 Å². The van der Waals surface area contributed by atoms with Crippen LogP contribution in [0.5, 0.6) is 5.75 Å². The minimum Gasteiger partial charge on any atom is -0.508 e. The minimum absolute atomic E-state index is 0.0104. The highest BCUT2D eigenvalue weighted by Crippen LogP contribution is 2.57. The number of benzene rings is 1. The topological polar surface area (TPSA) is 182 Å². The van der Waals surface area contributed by atoms with Crippen molar-refractivity contribution in [2.45, 2.75) is 43.1 Å². The molecule has 0 aromatic heterocycles. The number of primary amides is 1. The van der Waals surface area contributed by atoms with E-state index < -0.39 is 76.3 Å². The molecular formula is C25H32N2O8S. The zero-order valence-corrected chi connectivity index (χ0v) is 21.1. The quantitative estimate of drug-likeness (QED) is 0.220. The molecule has 4 rings (SSSR count). The van der Waals surface area contributed by atoms with Crippen molar-refractivity contribution >= 4 is 29.2 Å². The van der Waals surface area contributed by atoms with Crippen LogP contribution in [-0.2, 0) is 9.59 Å². The van der Waals surface area contributed by atoms with Crippen molar-refractivity contribution in [3.8, 4) is 5.75 Å². The van der Waals surface area contributed by atoms with E-state index in [0.717, 1.165) is 12.2 Å². The fourth-order valence-corrected chi connectivity index (χ4v) is 7.52. The van der Waals surface area contributed by atoms with Gasteiger partial charge in [0.25, 0.3) is 5.91 Å². The number of rotatable bonds is 6. The number of thioether (sulfide) groups is 1. The van der Waals surface area contributed by atoms with Crippen LogP contribution in [0.3, 0.4) is 0 Å². The number of phenolic OH excluding ortho intramolecular Hbond substituents is 1. The van der Waals surface area contributed by atoms with Crippen LogP contribution in [0, 0.1) is 17.8 Å². The van der Waals surface area contributed by atoms with Gasteiger partial charge in [-0.25, -0.2) is 0 Å². The summed E-state index contributed by atoms with van der Waals surface area (Å²) in [4.78, 5) is 40.5. The monoisotopic (exact) mass is 520 g/mol. The van der Waals surface area contributed by atoms with E-state index in [4.69, 9.17) is 5.73 Å². The van der Waals surface area contributed by atoms with Crippen LogP contribution in [0.2, 0.25) is 0 Å². The summed E-state index contributed by atoms with van der Waals surface area (Å²) >= 11 is 1.58. The smallest absolute Gasteiger partial charge is 0.255 e. The van der Waals surface area contributed by atoms with E-state index in [1.54, 1.807) is 23.9 Å². The van der Waals surface area contributed by atoms with Crippen molar-refractivity contribution in [2.24, 2.45) is 23.5 Å². The highest BCUT2D eigenvalue weighted by molar-refractivity contribution is 7.99. The van der Waals surface area contributed by atoms with Crippen LogP contribution in [-0.4, -0.2) is 97.4 Å². The van der Waals surface area contributed by atoms with Crippen molar-refractivity contribution < 1.29 is 39.9 Å². The number of hydrogen-bond donors (Lipinski definition) is 6. The maximum atomic E-state index is 13.7. The first-order valence-corrected chi connectivity index (χ1v) is 13.0. The van der Waals surface area contributed by atoms with Gasteiger partial charge in [0.1, 0.15) is 23.2 Å². The molecule has 1 amide bonds. The Labute approximate surface area is 212 Å². The highest BCUT2D eigenvalue weighted by Gasteiger charge is 2.70. The molecule has 1 saturated carbocycles. The first kappa shape index (κ1) is 26.6. The second-order valence-electron chi connectivity index (χ2n) is 10.0. The zero-order chi connectivity index (χ0) is 26.7. The van der Waals surface area contributed by atoms with E-state index >= 15 is 0 Å². The van der Waals surface area contributed by atoms with E-state index in [1.807, 2.05) is 6.92 Å². The SMILES string of the molecule is CCCSCC1c2cccc(O)c2C(=O)C2C1C(O)C1[C@H](N(C)C)C(=O)C(C(N)=O)=C(O)[C@@]1(O)C2O. The van der Waals surface area contributed by atoms with Gasteiger partial charge in [0.15, 0.2) is 17.2 Å². The lowest BCUT2D eigenvalue weighted by Gasteiger charge is -2.59. The zero-order valence-electron chi connectivity index (χ0n) is 20.3. The maximum absolute atomic E-state index is 13.7. The van der Waals surface area contributed by atoms with Crippen LogP contribution >= 0.6 is 11.8 Å². The standard InChI is InChI=1S/C25H32N2O8S/c1-4-8-36-9-11-10-6-5-7-12(28)13(10)19(29)15-14(11)20(30)17-18(27(2)3)21(31)16(24(26)34)23(33)25(17,35)22(15)32/h5-7,11,14-15,17-18,20,22,28,30,32-33,35H,4,8-9H2,1-3H3,(H2,26,34)/t11?,14?,15?,17?,18-,20?,22?,25-/m0/s1. The number of carbonyl (C=O) groups excluding carboxylic acids is 3. The molecule has 0 heterocycles. The summed E-state index contributed by atoms with van der Waals surface area (Å²) in [7, 11) is 3.01. The first-order chi connectivity index (χ1) is 16.9. The van der Waals surface area contributed by atoms with Crippen LogP contribution in [0.4, 0.5) is 0 Å². The Bertz CT molecular complexity index is 1140. The van der Waals surface area contributed by atoms with Gasteiger partial charge in [-0.2, -0.15) is 11.8 Å². The second-order valence-corrected chi connectivity index (χ2v) is 11.2. The van der Waals surface area contributed by atoms with Crippen LogP contribution in [0.15, 0.2) is 29.5 Å². The number of nitrogens with two attached hydrogens (primary N) is 1. The molecule has 0 spiro atoms. The van der Waals surface area contributed by atoms with E-state index in [-0.39, 0.29) is 11.3 Å². The largest absolute Gasteiger partial charge is 0.508 e. The summed E-state index contributed by atoms with van der Waals surface area (Å²) in [5.41, 5.74) is 2.26. The fraction of sp³-hybridized carbons (Fsp3) is 0.560. The number of nitrogens with zero attached hydrogens (tertiary/aromatic N) is 1. The van der Waals surface area contributed by atoms with Crippen molar-refractivity contribution in [2.75, 3.05) is 25.6 Å². The molecule has 196 valence electrons. The normalized spacial score (nSPS) is 35.9. The third-order valence-electron chi connectivity index (χ3n) is 7.88. The Balaban J connectivity index is 1.97. The number of amides is 1. The number of ketones is 2. The molecule has 10 nitrogen and oxygen atoms in total.